The van der Waals surface area contributed by atoms with Crippen LogP contribution in [0.25, 0.3) is 0 Å². The molecule has 0 aromatic heterocycles. The van der Waals surface area contributed by atoms with Crippen molar-refractivity contribution in [2.45, 2.75) is 25.7 Å². The lowest BCUT2D eigenvalue weighted by molar-refractivity contribution is -0.146. The smallest absolute Gasteiger partial charge is 0.321 e. The van der Waals surface area contributed by atoms with E-state index in [-0.39, 0.29) is 4.90 Å². The van der Waals surface area contributed by atoms with Crippen LogP contribution in [-0.4, -0.2) is 40.1 Å². The Labute approximate surface area is 170 Å². The molecule has 2 rings (SSSR count). The Morgan fingerprint density at radius 3 is 2.38 bits per heavy atom. The molecule has 0 aliphatic rings. The van der Waals surface area contributed by atoms with Crippen LogP contribution in [0.5, 0.6) is 5.75 Å². The number of amides is 1. The van der Waals surface area contributed by atoms with Crippen molar-refractivity contribution in [2.24, 2.45) is 0 Å². The fraction of sp³-hybridized carbons (Fsp3) is 0.300. The molecule has 156 valence electrons. The number of aryl methyl sites for hydroxylation is 1. The number of anilines is 1. The van der Waals surface area contributed by atoms with Gasteiger partial charge in [0.25, 0.3) is 5.91 Å². The lowest BCUT2D eigenvalue weighted by Gasteiger charge is -2.11. The van der Waals surface area contributed by atoms with Crippen LogP contribution in [0.2, 0.25) is 0 Å². The topological polar surface area (TPSA) is 111 Å². The Morgan fingerprint density at radius 2 is 1.72 bits per heavy atom. The van der Waals surface area contributed by atoms with E-state index >= 15 is 0 Å². The molecule has 2 aromatic carbocycles. The number of hydrogen-bond donors (Lipinski definition) is 2. The van der Waals surface area contributed by atoms with Crippen LogP contribution in [0.4, 0.5) is 5.69 Å². The van der Waals surface area contributed by atoms with Gasteiger partial charge in [-0.15, -0.1) is 0 Å². The zero-order valence-corrected chi connectivity index (χ0v) is 17.3. The van der Waals surface area contributed by atoms with Gasteiger partial charge in [-0.1, -0.05) is 12.1 Å². The molecule has 0 aliphatic carbocycles. The fourth-order valence-electron chi connectivity index (χ4n) is 2.39. The van der Waals surface area contributed by atoms with Gasteiger partial charge in [0.2, 0.25) is 10.0 Å². The minimum atomic E-state index is -3.89. The van der Waals surface area contributed by atoms with Crippen LogP contribution in [0.1, 0.15) is 18.1 Å². The van der Waals surface area contributed by atoms with Gasteiger partial charge in [0.05, 0.1) is 11.5 Å². The molecule has 0 aliphatic heterocycles. The highest BCUT2D eigenvalue weighted by atomic mass is 32.2. The predicted octanol–water partition coefficient (Wildman–Crippen LogP) is 2.16. The van der Waals surface area contributed by atoms with Crippen LogP contribution in [0.15, 0.2) is 47.4 Å². The Hall–Kier alpha value is -2.91. The maximum Gasteiger partial charge on any atom is 0.321 e. The SMILES string of the molecule is CCOc1ccc(S(=O)(=O)NCC(=O)OCC(=O)Nc2cccc(C)c2C)cc1. The zero-order chi connectivity index (χ0) is 21.4. The predicted molar refractivity (Wildman–Crippen MR) is 108 cm³/mol. The Bertz CT molecular complexity index is 971. The third kappa shape index (κ3) is 6.58. The molecule has 8 nitrogen and oxygen atoms in total. The van der Waals surface area contributed by atoms with Crippen molar-refractivity contribution in [3.8, 4) is 5.75 Å². The Balaban J connectivity index is 1.82. The Morgan fingerprint density at radius 1 is 1.03 bits per heavy atom. The zero-order valence-electron chi connectivity index (χ0n) is 16.5. The highest BCUT2D eigenvalue weighted by Crippen LogP contribution is 2.18. The van der Waals surface area contributed by atoms with Gasteiger partial charge in [-0.25, -0.2) is 8.42 Å². The third-order valence-electron chi connectivity index (χ3n) is 4.09. The molecule has 0 unspecified atom stereocenters. The van der Waals surface area contributed by atoms with Crippen molar-refractivity contribution in [1.82, 2.24) is 4.72 Å². The maximum atomic E-state index is 12.2. The molecule has 0 heterocycles. The van der Waals surface area contributed by atoms with Crippen molar-refractivity contribution in [3.05, 3.63) is 53.6 Å². The number of sulfonamides is 1. The second kappa shape index (κ2) is 10.0. The fourth-order valence-corrected chi connectivity index (χ4v) is 3.36. The van der Waals surface area contributed by atoms with Gasteiger partial charge in [0, 0.05) is 5.69 Å². The first kappa shape index (κ1) is 22.4. The van der Waals surface area contributed by atoms with Gasteiger partial charge in [-0.05, 0) is 62.2 Å². The average Bonchev–Trinajstić information content (AvgIpc) is 2.69. The molecule has 29 heavy (non-hydrogen) atoms. The molecule has 0 bridgehead atoms. The lowest BCUT2D eigenvalue weighted by Crippen LogP contribution is -2.32. The summed E-state index contributed by atoms with van der Waals surface area (Å²) in [6.07, 6.45) is 0. The van der Waals surface area contributed by atoms with Crippen molar-refractivity contribution < 1.29 is 27.5 Å². The molecule has 1 amide bonds. The minimum Gasteiger partial charge on any atom is -0.494 e. The van der Waals surface area contributed by atoms with Gasteiger partial charge in [0.15, 0.2) is 6.61 Å². The molecule has 0 spiro atoms. The summed E-state index contributed by atoms with van der Waals surface area (Å²) in [7, 11) is -3.89. The van der Waals surface area contributed by atoms with Gasteiger partial charge < -0.3 is 14.8 Å². The number of esters is 1. The normalized spacial score (nSPS) is 11.0. The molecule has 2 N–H and O–H groups in total. The van der Waals surface area contributed by atoms with Crippen LogP contribution < -0.4 is 14.8 Å². The molecule has 0 saturated heterocycles. The monoisotopic (exact) mass is 420 g/mol. The lowest BCUT2D eigenvalue weighted by atomic mass is 10.1. The summed E-state index contributed by atoms with van der Waals surface area (Å²) in [6.45, 7) is 4.96. The van der Waals surface area contributed by atoms with Crippen molar-refractivity contribution in [3.63, 3.8) is 0 Å². The number of carbonyl (C=O) groups excluding carboxylic acids is 2. The molecule has 9 heteroatoms. The van der Waals surface area contributed by atoms with Crippen LogP contribution in [-0.2, 0) is 24.3 Å². The summed E-state index contributed by atoms with van der Waals surface area (Å²) >= 11 is 0. The second-order valence-corrected chi connectivity index (χ2v) is 7.95. The molecule has 0 saturated carbocycles. The summed E-state index contributed by atoms with van der Waals surface area (Å²) in [6, 6.07) is 11.3. The number of carbonyl (C=O) groups is 2. The molecule has 2 aromatic rings. The van der Waals surface area contributed by atoms with Crippen molar-refractivity contribution >= 4 is 27.6 Å². The molecular formula is C20H24N2O6S. The van der Waals surface area contributed by atoms with E-state index in [4.69, 9.17) is 9.47 Å². The highest BCUT2D eigenvalue weighted by Gasteiger charge is 2.17. The summed E-state index contributed by atoms with van der Waals surface area (Å²) in [5.41, 5.74) is 2.56. The average molecular weight is 420 g/mol. The largest absolute Gasteiger partial charge is 0.494 e. The first-order chi connectivity index (χ1) is 13.7. The third-order valence-corrected chi connectivity index (χ3v) is 5.51. The molecule has 0 radical (unpaired) electrons. The molecular weight excluding hydrogens is 396 g/mol. The quantitative estimate of drug-likeness (QED) is 0.602. The van der Waals surface area contributed by atoms with E-state index in [1.54, 1.807) is 12.1 Å². The summed E-state index contributed by atoms with van der Waals surface area (Å²) in [5.74, 6) is -0.835. The number of ether oxygens (including phenoxy) is 2. The summed E-state index contributed by atoms with van der Waals surface area (Å²) < 4.78 is 36.7. The highest BCUT2D eigenvalue weighted by molar-refractivity contribution is 7.89. The van der Waals surface area contributed by atoms with Crippen molar-refractivity contribution in [2.75, 3.05) is 25.1 Å². The Kier molecular flexibility index (Phi) is 7.74. The van der Waals surface area contributed by atoms with E-state index in [0.29, 0.717) is 18.0 Å². The van der Waals surface area contributed by atoms with Crippen LogP contribution >= 0.6 is 0 Å². The van der Waals surface area contributed by atoms with Gasteiger partial charge in [-0.2, -0.15) is 4.72 Å². The first-order valence-corrected chi connectivity index (χ1v) is 10.5. The second-order valence-electron chi connectivity index (χ2n) is 6.19. The van der Waals surface area contributed by atoms with E-state index in [1.165, 1.54) is 24.3 Å². The number of benzene rings is 2. The van der Waals surface area contributed by atoms with Crippen LogP contribution in [0, 0.1) is 13.8 Å². The molecule has 0 atom stereocenters. The van der Waals surface area contributed by atoms with E-state index in [2.05, 4.69) is 10.0 Å². The molecule has 0 fully saturated rings. The van der Waals surface area contributed by atoms with E-state index in [1.807, 2.05) is 26.8 Å². The summed E-state index contributed by atoms with van der Waals surface area (Å²) in [4.78, 5) is 23.7. The van der Waals surface area contributed by atoms with Crippen molar-refractivity contribution in [1.29, 1.82) is 0 Å². The maximum absolute atomic E-state index is 12.2. The van der Waals surface area contributed by atoms with Gasteiger partial charge in [0.1, 0.15) is 12.3 Å². The van der Waals surface area contributed by atoms with Crippen LogP contribution in [0.3, 0.4) is 0 Å². The summed E-state index contributed by atoms with van der Waals surface area (Å²) in [5, 5.41) is 2.65. The van der Waals surface area contributed by atoms with E-state index in [9.17, 15) is 18.0 Å². The number of hydrogen-bond acceptors (Lipinski definition) is 6. The van der Waals surface area contributed by atoms with E-state index < -0.39 is 35.1 Å². The van der Waals surface area contributed by atoms with E-state index in [0.717, 1.165) is 11.1 Å². The van der Waals surface area contributed by atoms with Gasteiger partial charge >= 0.3 is 5.97 Å². The minimum absolute atomic E-state index is 0.0126. The first-order valence-electron chi connectivity index (χ1n) is 8.97. The number of nitrogens with one attached hydrogen (secondary N) is 2. The van der Waals surface area contributed by atoms with Gasteiger partial charge in [-0.3, -0.25) is 9.59 Å². The standard InChI is InChI=1S/C20H24N2O6S/c1-4-27-16-8-10-17(11-9-16)29(25,26)21-12-20(24)28-13-19(23)22-18-7-5-6-14(2)15(18)3/h5-11,21H,4,12-13H2,1-3H3,(H,22,23). The number of rotatable bonds is 9.